The van der Waals surface area contributed by atoms with Crippen LogP contribution in [-0.2, 0) is 10.0 Å². The van der Waals surface area contributed by atoms with Crippen molar-refractivity contribution < 1.29 is 12.8 Å². The quantitative estimate of drug-likeness (QED) is 0.671. The standard InChI is InChI=1S/C12H8Br2ClFN2O2S/c13-6-1-2-8(14)10(3-6)18-21(19,20)11-5-7(17)4-9(15)12(11)16/h1-5,18H,17H2. The van der Waals surface area contributed by atoms with Gasteiger partial charge in [0.1, 0.15) is 4.90 Å². The molecule has 0 radical (unpaired) electrons. The molecule has 0 aliphatic carbocycles. The summed E-state index contributed by atoms with van der Waals surface area (Å²) in [6, 6.07) is 7.05. The number of rotatable bonds is 3. The van der Waals surface area contributed by atoms with E-state index in [0.29, 0.717) is 8.95 Å². The Labute approximate surface area is 142 Å². The van der Waals surface area contributed by atoms with E-state index in [1.54, 1.807) is 12.1 Å². The maximum Gasteiger partial charge on any atom is 0.264 e. The predicted molar refractivity (Wildman–Crippen MR) is 88.5 cm³/mol. The Kier molecular flexibility index (Phi) is 4.82. The first-order valence-electron chi connectivity index (χ1n) is 5.43. The van der Waals surface area contributed by atoms with Crippen LogP contribution < -0.4 is 10.5 Å². The molecule has 0 atom stereocenters. The van der Waals surface area contributed by atoms with Crippen LogP contribution in [0.3, 0.4) is 0 Å². The minimum atomic E-state index is -4.17. The van der Waals surface area contributed by atoms with Gasteiger partial charge in [-0.2, -0.15) is 0 Å². The summed E-state index contributed by atoms with van der Waals surface area (Å²) >= 11 is 12.1. The highest BCUT2D eigenvalue weighted by Crippen LogP contribution is 2.31. The number of benzene rings is 2. The van der Waals surface area contributed by atoms with E-state index in [9.17, 15) is 12.8 Å². The molecule has 3 N–H and O–H groups in total. The van der Waals surface area contributed by atoms with Crippen molar-refractivity contribution in [3.8, 4) is 0 Å². The molecule has 2 aromatic rings. The molecule has 0 saturated heterocycles. The Balaban J connectivity index is 2.51. The molecular formula is C12H8Br2ClFN2O2S. The van der Waals surface area contributed by atoms with Crippen molar-refractivity contribution in [2.24, 2.45) is 0 Å². The van der Waals surface area contributed by atoms with E-state index < -0.39 is 20.7 Å². The topological polar surface area (TPSA) is 72.2 Å². The summed E-state index contributed by atoms with van der Waals surface area (Å²) in [6.45, 7) is 0. The normalized spacial score (nSPS) is 11.4. The smallest absolute Gasteiger partial charge is 0.264 e. The second-order valence-electron chi connectivity index (χ2n) is 4.04. The molecule has 0 heterocycles. The molecule has 2 aromatic carbocycles. The van der Waals surface area contributed by atoms with Crippen LogP contribution in [0.15, 0.2) is 44.2 Å². The van der Waals surface area contributed by atoms with Gasteiger partial charge in [0.15, 0.2) is 5.82 Å². The van der Waals surface area contributed by atoms with Crippen LogP contribution >= 0.6 is 43.5 Å². The monoisotopic (exact) mass is 456 g/mol. The molecule has 0 amide bonds. The summed E-state index contributed by atoms with van der Waals surface area (Å²) in [5.41, 5.74) is 5.82. The van der Waals surface area contributed by atoms with Crippen molar-refractivity contribution in [2.45, 2.75) is 4.90 Å². The number of anilines is 2. The number of halogens is 4. The van der Waals surface area contributed by atoms with Crippen molar-refractivity contribution in [2.75, 3.05) is 10.5 Å². The van der Waals surface area contributed by atoms with Crippen molar-refractivity contribution in [1.82, 2.24) is 0 Å². The molecule has 9 heteroatoms. The van der Waals surface area contributed by atoms with Gasteiger partial charge in [-0.25, -0.2) is 12.8 Å². The maximum absolute atomic E-state index is 13.9. The van der Waals surface area contributed by atoms with Gasteiger partial charge in [-0.05, 0) is 46.3 Å². The zero-order chi connectivity index (χ0) is 15.8. The second-order valence-corrected chi connectivity index (χ2v) is 7.87. The fourth-order valence-electron chi connectivity index (χ4n) is 1.55. The number of hydrogen-bond donors (Lipinski definition) is 2. The Morgan fingerprint density at radius 3 is 2.52 bits per heavy atom. The molecule has 0 saturated carbocycles. The zero-order valence-corrected chi connectivity index (χ0v) is 14.9. The first-order chi connectivity index (χ1) is 9.70. The number of nitrogens with two attached hydrogens (primary N) is 1. The van der Waals surface area contributed by atoms with Gasteiger partial charge in [0.25, 0.3) is 10.0 Å². The van der Waals surface area contributed by atoms with Crippen LogP contribution in [0.5, 0.6) is 0 Å². The highest BCUT2D eigenvalue weighted by Gasteiger charge is 2.23. The minimum Gasteiger partial charge on any atom is -0.399 e. The van der Waals surface area contributed by atoms with Crippen LogP contribution in [0.2, 0.25) is 5.02 Å². The largest absolute Gasteiger partial charge is 0.399 e. The SMILES string of the molecule is Nc1cc(Cl)c(F)c(S(=O)(=O)Nc2cc(Br)ccc2Br)c1. The van der Waals surface area contributed by atoms with Crippen molar-refractivity contribution in [1.29, 1.82) is 0 Å². The summed E-state index contributed by atoms with van der Waals surface area (Å²) in [6.07, 6.45) is 0. The van der Waals surface area contributed by atoms with Gasteiger partial charge in [-0.1, -0.05) is 27.5 Å². The van der Waals surface area contributed by atoms with E-state index in [1.165, 1.54) is 6.07 Å². The molecule has 0 aromatic heterocycles. The molecule has 0 aliphatic rings. The molecule has 21 heavy (non-hydrogen) atoms. The number of sulfonamides is 1. The van der Waals surface area contributed by atoms with Crippen LogP contribution in [-0.4, -0.2) is 8.42 Å². The first kappa shape index (κ1) is 16.5. The van der Waals surface area contributed by atoms with E-state index in [0.717, 1.165) is 12.1 Å². The van der Waals surface area contributed by atoms with Gasteiger partial charge < -0.3 is 5.73 Å². The van der Waals surface area contributed by atoms with Crippen LogP contribution in [0.4, 0.5) is 15.8 Å². The average Bonchev–Trinajstić information content (AvgIpc) is 2.37. The average molecular weight is 459 g/mol. The van der Waals surface area contributed by atoms with E-state index in [4.69, 9.17) is 17.3 Å². The lowest BCUT2D eigenvalue weighted by atomic mass is 10.3. The van der Waals surface area contributed by atoms with Crippen LogP contribution in [0.1, 0.15) is 0 Å². The number of hydrogen-bond acceptors (Lipinski definition) is 3. The number of nitrogens with one attached hydrogen (secondary N) is 1. The summed E-state index contributed by atoms with van der Waals surface area (Å²) in [5.74, 6) is -1.05. The Bertz CT molecular complexity index is 815. The molecule has 4 nitrogen and oxygen atoms in total. The molecule has 112 valence electrons. The summed E-state index contributed by atoms with van der Waals surface area (Å²) in [4.78, 5) is -0.612. The maximum atomic E-state index is 13.9. The Hall–Kier alpha value is -0.830. The molecular weight excluding hydrogens is 450 g/mol. The van der Waals surface area contributed by atoms with E-state index >= 15 is 0 Å². The van der Waals surface area contributed by atoms with Crippen LogP contribution in [0.25, 0.3) is 0 Å². The Morgan fingerprint density at radius 2 is 1.86 bits per heavy atom. The Morgan fingerprint density at radius 1 is 1.19 bits per heavy atom. The molecule has 2 rings (SSSR count). The fraction of sp³-hybridized carbons (Fsp3) is 0. The summed E-state index contributed by atoms with van der Waals surface area (Å²) in [5, 5.41) is -0.358. The lowest BCUT2D eigenvalue weighted by Gasteiger charge is -2.12. The fourth-order valence-corrected chi connectivity index (χ4v) is 3.88. The van der Waals surface area contributed by atoms with E-state index in [1.807, 2.05) is 0 Å². The van der Waals surface area contributed by atoms with Gasteiger partial charge >= 0.3 is 0 Å². The van der Waals surface area contributed by atoms with Gasteiger partial charge in [-0.15, -0.1) is 0 Å². The molecule has 0 unspecified atom stereocenters. The van der Waals surface area contributed by atoms with Gasteiger partial charge in [0.2, 0.25) is 0 Å². The van der Waals surface area contributed by atoms with E-state index in [-0.39, 0.29) is 16.4 Å². The van der Waals surface area contributed by atoms with Crippen LogP contribution in [0, 0.1) is 5.82 Å². The summed E-state index contributed by atoms with van der Waals surface area (Å²) < 4.78 is 42.0. The second kappa shape index (κ2) is 6.12. The minimum absolute atomic E-state index is 0.0510. The third-order valence-electron chi connectivity index (χ3n) is 2.48. The van der Waals surface area contributed by atoms with Gasteiger partial charge in [0, 0.05) is 14.6 Å². The van der Waals surface area contributed by atoms with Crippen molar-refractivity contribution in [3.63, 3.8) is 0 Å². The lowest BCUT2D eigenvalue weighted by molar-refractivity contribution is 0.571. The van der Waals surface area contributed by atoms with E-state index in [2.05, 4.69) is 36.6 Å². The van der Waals surface area contributed by atoms with Gasteiger partial charge in [-0.3, -0.25) is 4.72 Å². The highest BCUT2D eigenvalue weighted by atomic mass is 79.9. The zero-order valence-electron chi connectivity index (χ0n) is 10.2. The third-order valence-corrected chi connectivity index (χ3v) is 5.30. The number of nitrogen functional groups attached to an aromatic ring is 1. The molecule has 0 aliphatic heterocycles. The predicted octanol–water partition coefficient (Wildman–Crippen LogP) is 4.39. The third kappa shape index (κ3) is 3.68. The molecule has 0 spiro atoms. The highest BCUT2D eigenvalue weighted by molar-refractivity contribution is 9.11. The first-order valence-corrected chi connectivity index (χ1v) is 8.88. The lowest BCUT2D eigenvalue weighted by Crippen LogP contribution is -2.15. The molecule has 0 bridgehead atoms. The summed E-state index contributed by atoms with van der Waals surface area (Å²) in [7, 11) is -4.17. The van der Waals surface area contributed by atoms with Crippen molar-refractivity contribution in [3.05, 3.63) is 50.1 Å². The van der Waals surface area contributed by atoms with Gasteiger partial charge in [0.05, 0.1) is 10.7 Å². The van der Waals surface area contributed by atoms with Crippen molar-refractivity contribution >= 4 is 64.9 Å². The molecule has 0 fully saturated rings.